The van der Waals surface area contributed by atoms with Gasteiger partial charge in [0.2, 0.25) is 0 Å². The molecule has 1 N–H and O–H groups in total. The molecule has 0 saturated carbocycles. The molecule has 1 heterocycles. The molecule has 0 aromatic heterocycles. The summed E-state index contributed by atoms with van der Waals surface area (Å²) < 4.78 is 205. The fraction of sp³-hybridized carbons (Fsp3) is 0.480. The molecule has 0 bridgehead atoms. The van der Waals surface area contributed by atoms with Crippen molar-refractivity contribution >= 4 is 6.03 Å². The van der Waals surface area contributed by atoms with Crippen molar-refractivity contribution in [1.82, 2.24) is 15.1 Å². The lowest BCUT2D eigenvalue weighted by atomic mass is 10.0. The standard InChI is InChI=1S/C25H34FN3O2/c1-19(2)18-31-24-10-6-20(7-11-24)16-27-25(30)29(23-12-14-28(3)15-13-23)17-21-4-8-22(26)9-5-21/h4-11,19,23H,12-18H2,1-3H3,(H,27,30)/i1D3,2D3,4D,5D,6D,7D,8D,9D,10D,11D,14D2,15D2,17D2,18D2,19D. The van der Waals surface area contributed by atoms with E-state index in [9.17, 15) is 9.18 Å². The Hall–Kier alpha value is -2.60. The van der Waals surface area contributed by atoms with Gasteiger partial charge in [0.15, 0.2) is 0 Å². The second kappa shape index (κ2) is 11.1. The fourth-order valence-corrected chi connectivity index (χ4v) is 2.39. The van der Waals surface area contributed by atoms with Crippen LogP contribution in [-0.2, 0) is 13.0 Å². The second-order valence-electron chi connectivity index (χ2n) is 6.15. The van der Waals surface area contributed by atoms with Crippen molar-refractivity contribution in [2.24, 2.45) is 5.89 Å². The van der Waals surface area contributed by atoms with Gasteiger partial charge in [-0.15, -0.1) is 0 Å². The molecule has 0 atom stereocenters. The number of halogens is 1. The van der Waals surface area contributed by atoms with Crippen LogP contribution in [0.4, 0.5) is 9.18 Å². The highest BCUT2D eigenvalue weighted by Crippen LogP contribution is 2.19. The Morgan fingerprint density at radius 3 is 2.58 bits per heavy atom. The van der Waals surface area contributed by atoms with Crippen LogP contribution in [0.2, 0.25) is 0 Å². The van der Waals surface area contributed by atoms with E-state index in [1.165, 1.54) is 0 Å². The van der Waals surface area contributed by atoms with Crippen LogP contribution in [0.1, 0.15) is 69.2 Å². The molecule has 2 aromatic rings. The molecule has 1 aliphatic rings. The molecule has 1 fully saturated rings. The van der Waals surface area contributed by atoms with Gasteiger partial charge in [-0.05, 0) is 74.1 Å². The largest absolute Gasteiger partial charge is 0.493 e. The number of nitrogens with one attached hydrogen (secondary N) is 1. The third kappa shape index (κ3) is 7.24. The third-order valence-corrected chi connectivity index (χ3v) is 3.86. The van der Waals surface area contributed by atoms with Gasteiger partial charge in [0.1, 0.15) is 11.6 Å². The summed E-state index contributed by atoms with van der Waals surface area (Å²) in [5, 5.41) is 2.08. The van der Waals surface area contributed by atoms with Crippen molar-refractivity contribution in [1.29, 1.82) is 0 Å². The number of hydrogen-bond donors (Lipinski definition) is 1. The molecule has 0 unspecified atom stereocenters. The average molecular weight is 451 g/mol. The highest BCUT2D eigenvalue weighted by atomic mass is 19.1. The van der Waals surface area contributed by atoms with Gasteiger partial charge in [0.05, 0.1) is 23.0 Å². The first kappa shape index (κ1) is 7.48. The molecular weight excluding hydrogens is 393 g/mol. The fourth-order valence-electron chi connectivity index (χ4n) is 2.39. The molecule has 0 spiro atoms. The minimum Gasteiger partial charge on any atom is -0.493 e. The summed E-state index contributed by atoms with van der Waals surface area (Å²) in [4.78, 5) is 14.8. The zero-order chi connectivity index (χ0) is 42.3. The van der Waals surface area contributed by atoms with E-state index in [0.717, 1.165) is 7.05 Å². The molecule has 0 aliphatic carbocycles. The third-order valence-electron chi connectivity index (χ3n) is 3.86. The summed E-state index contributed by atoms with van der Waals surface area (Å²) in [5.74, 6) is -6.99. The molecule has 1 aliphatic heterocycles. The van der Waals surface area contributed by atoms with Crippen molar-refractivity contribution in [3.05, 3.63) is 65.3 Å². The lowest BCUT2D eigenvalue weighted by Crippen LogP contribution is -2.49. The summed E-state index contributed by atoms with van der Waals surface area (Å²) in [6.07, 6.45) is -1.61. The smallest absolute Gasteiger partial charge is 0.318 e. The van der Waals surface area contributed by atoms with Gasteiger partial charge in [-0.3, -0.25) is 0 Å². The van der Waals surface area contributed by atoms with E-state index in [-0.39, 0.29) is 4.90 Å². The Morgan fingerprint density at radius 2 is 1.94 bits per heavy atom. The molecule has 0 radical (unpaired) electrons. The van der Waals surface area contributed by atoms with Crippen LogP contribution < -0.4 is 10.1 Å². The predicted molar refractivity (Wildman–Crippen MR) is 121 cm³/mol. The Labute approximate surface area is 217 Å². The zero-order valence-electron chi connectivity index (χ0n) is 39.3. The molecule has 31 heavy (non-hydrogen) atoms. The normalized spacial score (nSPS) is 31.2. The van der Waals surface area contributed by atoms with Crippen LogP contribution in [0.25, 0.3) is 0 Å². The van der Waals surface area contributed by atoms with Crippen molar-refractivity contribution in [2.45, 2.75) is 45.6 Å². The number of benzene rings is 2. The van der Waals surface area contributed by atoms with E-state index in [0.29, 0.717) is 4.90 Å². The van der Waals surface area contributed by atoms with Crippen LogP contribution in [0, 0.1) is 11.7 Å². The number of likely N-dealkylation sites (tertiary alicyclic amines) is 1. The van der Waals surface area contributed by atoms with Gasteiger partial charge >= 0.3 is 6.03 Å². The number of rotatable bonds is 8. The summed E-state index contributed by atoms with van der Waals surface area (Å²) >= 11 is 0. The number of piperidine rings is 1. The molecule has 168 valence electrons. The maximum absolute atomic E-state index is 14.4. The van der Waals surface area contributed by atoms with Gasteiger partial charge in [0.25, 0.3) is 0 Å². The first-order chi connectivity index (χ1) is 24.0. The van der Waals surface area contributed by atoms with E-state index in [4.69, 9.17) is 36.3 Å². The molecule has 5 nitrogen and oxygen atoms in total. The van der Waals surface area contributed by atoms with Gasteiger partial charge in [-0.25, -0.2) is 9.18 Å². The minimum absolute atomic E-state index is 0.164. The number of carbonyl (C=O) groups excluding carboxylic acids is 1. The maximum atomic E-state index is 14.4. The molecule has 1 saturated heterocycles. The Kier molecular flexibility index (Phi) is 2.69. The van der Waals surface area contributed by atoms with Crippen molar-refractivity contribution in [2.75, 3.05) is 26.6 Å². The molecule has 6 heteroatoms. The predicted octanol–water partition coefficient (Wildman–Crippen LogP) is 4.67. The second-order valence-corrected chi connectivity index (χ2v) is 6.15. The Bertz CT molecular complexity index is 1720. The van der Waals surface area contributed by atoms with Crippen LogP contribution in [0.3, 0.4) is 0 Å². The first-order valence-corrected chi connectivity index (χ1v) is 8.88. The quantitative estimate of drug-likeness (QED) is 0.636. The maximum Gasteiger partial charge on any atom is 0.318 e. The number of hydrogen-bond acceptors (Lipinski definition) is 3. The van der Waals surface area contributed by atoms with Crippen molar-refractivity contribution in [3.8, 4) is 5.75 Å². The van der Waals surface area contributed by atoms with E-state index in [2.05, 4.69) is 5.32 Å². The highest BCUT2D eigenvalue weighted by molar-refractivity contribution is 5.74. The zero-order valence-corrected chi connectivity index (χ0v) is 16.3. The number of nitrogens with zero attached hydrogens (tertiary/aromatic N) is 2. The average Bonchev–Trinajstić information content (AvgIpc) is 3.00. The van der Waals surface area contributed by atoms with Crippen molar-refractivity contribution in [3.63, 3.8) is 0 Å². The molecular formula is C25H34FN3O2. The summed E-state index contributed by atoms with van der Waals surface area (Å²) in [7, 11) is 1.08. The minimum atomic E-state index is -4.02. The van der Waals surface area contributed by atoms with E-state index >= 15 is 0 Å². The molecule has 2 aromatic carbocycles. The summed E-state index contributed by atoms with van der Waals surface area (Å²) in [5.41, 5.74) is -1.90. The van der Waals surface area contributed by atoms with E-state index in [1.807, 2.05) is 0 Å². The van der Waals surface area contributed by atoms with Crippen molar-refractivity contribution < 1.29 is 45.4 Å². The molecule has 3 rings (SSSR count). The molecule has 2 amide bonds. The van der Waals surface area contributed by atoms with E-state index < -0.39 is 148 Å². The van der Waals surface area contributed by atoms with E-state index in [1.54, 1.807) is 0 Å². The van der Waals surface area contributed by atoms with Crippen LogP contribution in [-0.4, -0.2) is 48.5 Å². The Balaban J connectivity index is 2.16. The van der Waals surface area contributed by atoms with Gasteiger partial charge < -0.3 is 19.9 Å². The van der Waals surface area contributed by atoms with Gasteiger partial charge in [-0.2, -0.15) is 0 Å². The van der Waals surface area contributed by atoms with Crippen LogP contribution in [0.15, 0.2) is 48.3 Å². The monoisotopic (exact) mass is 450 g/mol. The lowest BCUT2D eigenvalue weighted by Gasteiger charge is -2.37. The van der Waals surface area contributed by atoms with Gasteiger partial charge in [0, 0.05) is 34.2 Å². The summed E-state index contributed by atoms with van der Waals surface area (Å²) in [6, 6.07) is -13.2. The number of carbonyl (C=O) groups is 1. The highest BCUT2D eigenvalue weighted by Gasteiger charge is 2.27. The topological polar surface area (TPSA) is 44.8 Å². The van der Waals surface area contributed by atoms with Crippen LogP contribution >= 0.6 is 0 Å². The number of ether oxygens (including phenoxy) is 1. The first-order valence-electron chi connectivity index (χ1n) is 20.4. The summed E-state index contributed by atoms with van der Waals surface area (Å²) in [6.45, 7) is -21.5. The number of amides is 2. The Morgan fingerprint density at radius 1 is 1.29 bits per heavy atom. The van der Waals surface area contributed by atoms with Crippen LogP contribution in [0.5, 0.6) is 5.75 Å². The lowest BCUT2D eigenvalue weighted by molar-refractivity contribution is 0.127. The number of urea groups is 1. The SMILES string of the molecule is [2H]c1c([2H])c(C([2H])([2H])N(C(=O)NCc2c([2H])c([2H])c(OC([2H])([2H])C([2H])(C([2H])([2H])[2H])C([2H])([2H])[2H])c([2H])c2[2H])C2CC([2H])([2H])N(C)C([2H])([2H])C2)c([2H])c([2H])c1F. The van der Waals surface area contributed by atoms with Gasteiger partial charge in [-0.1, -0.05) is 37.9 Å².